The lowest BCUT2D eigenvalue weighted by Crippen LogP contribution is -2.41. The first-order valence-corrected chi connectivity index (χ1v) is 8.41. The van der Waals surface area contributed by atoms with Crippen LogP contribution in [0.5, 0.6) is 0 Å². The molecule has 0 saturated carbocycles. The number of guanidine groups is 1. The van der Waals surface area contributed by atoms with Crippen LogP contribution in [-0.4, -0.2) is 43.1 Å². The molecule has 1 atom stereocenters. The molecule has 0 aromatic rings. The van der Waals surface area contributed by atoms with Crippen LogP contribution < -0.4 is 11.1 Å². The van der Waals surface area contributed by atoms with Crippen LogP contribution in [0, 0.1) is 5.92 Å². The number of rotatable bonds is 8. The van der Waals surface area contributed by atoms with Crippen molar-refractivity contribution in [3.8, 4) is 0 Å². The van der Waals surface area contributed by atoms with Crippen LogP contribution in [0.25, 0.3) is 0 Å². The summed E-state index contributed by atoms with van der Waals surface area (Å²) in [5.41, 5.74) is 5.93. The molecule has 0 spiro atoms. The van der Waals surface area contributed by atoms with Gasteiger partial charge in [0.25, 0.3) is 0 Å². The van der Waals surface area contributed by atoms with Gasteiger partial charge in [-0.25, -0.2) is 0 Å². The fourth-order valence-electron chi connectivity index (χ4n) is 2.77. The molecule has 0 amide bonds. The molecule has 1 heterocycles. The van der Waals surface area contributed by atoms with Crippen molar-refractivity contribution in [2.24, 2.45) is 16.6 Å². The highest BCUT2D eigenvalue weighted by atomic mass is 127. The van der Waals surface area contributed by atoms with Crippen LogP contribution in [0.4, 0.5) is 0 Å². The number of nitrogens with one attached hydrogen (secondary N) is 1. The summed E-state index contributed by atoms with van der Waals surface area (Å²) in [5.74, 6) is 1.30. The summed E-state index contributed by atoms with van der Waals surface area (Å²) in [6.07, 6.45) is 7.64. The van der Waals surface area contributed by atoms with E-state index in [4.69, 9.17) is 5.73 Å². The first kappa shape index (κ1) is 21.0. The maximum Gasteiger partial charge on any atom is 0.188 e. The van der Waals surface area contributed by atoms with Gasteiger partial charge >= 0.3 is 0 Å². The summed E-state index contributed by atoms with van der Waals surface area (Å²) >= 11 is 0. The van der Waals surface area contributed by atoms with E-state index in [0.29, 0.717) is 17.9 Å². The Labute approximate surface area is 148 Å². The highest BCUT2D eigenvalue weighted by Gasteiger charge is 2.21. The lowest BCUT2D eigenvalue weighted by atomic mass is 9.97. The smallest absolute Gasteiger partial charge is 0.188 e. The Bertz CT molecular complexity index is 281. The van der Waals surface area contributed by atoms with Crippen LogP contribution in [0.15, 0.2) is 4.99 Å². The van der Waals surface area contributed by atoms with E-state index in [9.17, 15) is 0 Å². The molecule has 0 aromatic heterocycles. The average Bonchev–Trinajstić information content (AvgIpc) is 2.45. The van der Waals surface area contributed by atoms with E-state index < -0.39 is 0 Å². The average molecular weight is 410 g/mol. The van der Waals surface area contributed by atoms with E-state index >= 15 is 0 Å². The number of halogens is 1. The minimum Gasteiger partial charge on any atom is -0.370 e. The number of piperidine rings is 1. The fourth-order valence-corrected chi connectivity index (χ4v) is 2.77. The van der Waals surface area contributed by atoms with Gasteiger partial charge in [-0.05, 0) is 45.6 Å². The molecule has 0 aromatic carbocycles. The van der Waals surface area contributed by atoms with Gasteiger partial charge in [0.2, 0.25) is 0 Å². The van der Waals surface area contributed by atoms with Crippen molar-refractivity contribution in [2.75, 3.05) is 26.2 Å². The van der Waals surface area contributed by atoms with Crippen molar-refractivity contribution in [3.05, 3.63) is 0 Å². The first-order valence-electron chi connectivity index (χ1n) is 8.41. The molecular formula is C16H35IN4. The molecule has 126 valence electrons. The van der Waals surface area contributed by atoms with E-state index in [2.05, 4.69) is 36.0 Å². The van der Waals surface area contributed by atoms with E-state index in [-0.39, 0.29) is 24.0 Å². The highest BCUT2D eigenvalue weighted by molar-refractivity contribution is 14.0. The molecule has 5 heteroatoms. The third-order valence-corrected chi connectivity index (χ3v) is 4.14. The van der Waals surface area contributed by atoms with E-state index in [1.807, 2.05) is 0 Å². The number of likely N-dealkylation sites (tertiary alicyclic amines) is 1. The second-order valence-corrected chi connectivity index (χ2v) is 6.31. The third-order valence-electron chi connectivity index (χ3n) is 4.14. The summed E-state index contributed by atoms with van der Waals surface area (Å²) in [5, 5.41) is 3.23. The van der Waals surface area contributed by atoms with Crippen LogP contribution in [0.2, 0.25) is 0 Å². The summed E-state index contributed by atoms with van der Waals surface area (Å²) in [4.78, 5) is 7.07. The predicted octanol–water partition coefficient (Wildman–Crippen LogP) is 3.21. The molecule has 21 heavy (non-hydrogen) atoms. The lowest BCUT2D eigenvalue weighted by Gasteiger charge is -2.34. The van der Waals surface area contributed by atoms with Crippen LogP contribution in [0.3, 0.4) is 0 Å². The Balaban J connectivity index is 0.00000400. The van der Waals surface area contributed by atoms with Crippen LogP contribution >= 0.6 is 24.0 Å². The monoisotopic (exact) mass is 410 g/mol. The van der Waals surface area contributed by atoms with Gasteiger partial charge in [-0.1, -0.05) is 26.2 Å². The highest BCUT2D eigenvalue weighted by Crippen LogP contribution is 2.18. The molecule has 1 fully saturated rings. The van der Waals surface area contributed by atoms with Gasteiger partial charge in [0.1, 0.15) is 0 Å². The van der Waals surface area contributed by atoms with Gasteiger partial charge in [-0.2, -0.15) is 0 Å². The van der Waals surface area contributed by atoms with Crippen molar-refractivity contribution in [3.63, 3.8) is 0 Å². The number of nitrogens with zero attached hydrogens (tertiary/aromatic N) is 2. The normalized spacial score (nSPS) is 20.4. The third kappa shape index (κ3) is 9.55. The Hall–Kier alpha value is -0.0400. The molecule has 1 saturated heterocycles. The van der Waals surface area contributed by atoms with Crippen molar-refractivity contribution in [1.29, 1.82) is 0 Å². The van der Waals surface area contributed by atoms with E-state index in [0.717, 1.165) is 13.1 Å². The van der Waals surface area contributed by atoms with E-state index in [1.165, 1.54) is 51.6 Å². The number of hydrogen-bond donors (Lipinski definition) is 2. The number of unbranched alkanes of at least 4 members (excludes halogenated alkanes) is 3. The molecule has 1 aliphatic rings. The minimum absolute atomic E-state index is 0. The summed E-state index contributed by atoms with van der Waals surface area (Å²) in [7, 11) is 0. The zero-order valence-electron chi connectivity index (χ0n) is 14.1. The molecule has 0 bridgehead atoms. The quantitative estimate of drug-likeness (QED) is 0.280. The standard InChI is InChI=1S/C16H34N4.HI/c1-4-5-6-7-10-18-16(17)19-12-15-9-8-11-20(13-15)14(2)3;/h14-15H,4-13H2,1-3H3,(H3,17,18,19);1H. The molecule has 1 unspecified atom stereocenters. The van der Waals surface area contributed by atoms with Gasteiger partial charge in [-0.15, -0.1) is 24.0 Å². The molecule has 0 radical (unpaired) electrons. The number of nitrogens with two attached hydrogens (primary N) is 1. The SMILES string of the molecule is CCCCCCNC(N)=NCC1CCCN(C(C)C)C1.I. The summed E-state index contributed by atoms with van der Waals surface area (Å²) in [6, 6.07) is 0.649. The molecule has 1 aliphatic heterocycles. The number of aliphatic imine (C=N–C) groups is 1. The first-order chi connectivity index (χ1) is 9.63. The van der Waals surface area contributed by atoms with Crippen LogP contribution in [0.1, 0.15) is 59.3 Å². The lowest BCUT2D eigenvalue weighted by molar-refractivity contribution is 0.143. The van der Waals surface area contributed by atoms with Crippen molar-refractivity contribution < 1.29 is 0 Å². The Morgan fingerprint density at radius 3 is 2.76 bits per heavy atom. The van der Waals surface area contributed by atoms with Crippen molar-refractivity contribution >= 4 is 29.9 Å². The molecule has 1 rings (SSSR count). The predicted molar refractivity (Wildman–Crippen MR) is 103 cm³/mol. The maximum absolute atomic E-state index is 5.93. The second-order valence-electron chi connectivity index (χ2n) is 6.31. The Morgan fingerprint density at radius 2 is 2.10 bits per heavy atom. The number of hydrogen-bond acceptors (Lipinski definition) is 2. The van der Waals surface area contributed by atoms with Crippen molar-refractivity contribution in [2.45, 2.75) is 65.3 Å². The van der Waals surface area contributed by atoms with Crippen molar-refractivity contribution in [1.82, 2.24) is 10.2 Å². The zero-order valence-corrected chi connectivity index (χ0v) is 16.4. The largest absolute Gasteiger partial charge is 0.370 e. The zero-order chi connectivity index (χ0) is 14.8. The van der Waals surface area contributed by atoms with Gasteiger partial charge in [0, 0.05) is 25.7 Å². The molecular weight excluding hydrogens is 375 g/mol. The molecule has 3 N–H and O–H groups in total. The maximum atomic E-state index is 5.93. The van der Waals surface area contributed by atoms with Gasteiger partial charge < -0.3 is 16.0 Å². The summed E-state index contributed by atoms with van der Waals surface area (Å²) < 4.78 is 0. The van der Waals surface area contributed by atoms with Crippen LogP contribution in [-0.2, 0) is 0 Å². The Morgan fingerprint density at radius 1 is 1.33 bits per heavy atom. The fraction of sp³-hybridized carbons (Fsp3) is 0.938. The summed E-state index contributed by atoms with van der Waals surface area (Å²) in [6.45, 7) is 11.0. The molecule has 4 nitrogen and oxygen atoms in total. The van der Waals surface area contributed by atoms with Gasteiger partial charge in [-0.3, -0.25) is 4.99 Å². The second kappa shape index (κ2) is 12.5. The molecule has 0 aliphatic carbocycles. The van der Waals surface area contributed by atoms with E-state index in [1.54, 1.807) is 0 Å². The van der Waals surface area contributed by atoms with Gasteiger partial charge in [0.05, 0.1) is 0 Å². The Kier molecular flexibility index (Phi) is 12.5. The minimum atomic E-state index is 0. The topological polar surface area (TPSA) is 53.6 Å². The van der Waals surface area contributed by atoms with Gasteiger partial charge in [0.15, 0.2) is 5.96 Å².